The highest BCUT2D eigenvalue weighted by molar-refractivity contribution is 5.89. The van der Waals surface area contributed by atoms with E-state index >= 15 is 0 Å². The second kappa shape index (κ2) is 6.09. The Balaban J connectivity index is 1.93. The molecule has 0 bridgehead atoms. The molecule has 0 aliphatic heterocycles. The van der Waals surface area contributed by atoms with E-state index in [1.165, 1.54) is 0 Å². The van der Waals surface area contributed by atoms with E-state index in [9.17, 15) is 4.79 Å². The van der Waals surface area contributed by atoms with E-state index in [-0.39, 0.29) is 5.56 Å². The zero-order valence-corrected chi connectivity index (χ0v) is 11.9. The van der Waals surface area contributed by atoms with Gasteiger partial charge in [-0.05, 0) is 36.4 Å². The minimum Gasteiger partial charge on any atom is -0.497 e. The van der Waals surface area contributed by atoms with Crippen LogP contribution in [-0.2, 0) is 0 Å². The third-order valence-electron chi connectivity index (χ3n) is 3.20. The molecule has 0 aliphatic rings. The number of aromatic nitrogens is 3. The van der Waals surface area contributed by atoms with Crippen molar-refractivity contribution in [2.24, 2.45) is 4.99 Å². The van der Waals surface area contributed by atoms with Crippen LogP contribution in [0.25, 0.3) is 11.3 Å². The number of H-pyrrole nitrogens is 2. The number of benzene rings is 1. The Hall–Kier alpha value is -3.15. The summed E-state index contributed by atoms with van der Waals surface area (Å²) in [6, 6.07) is 10.9. The van der Waals surface area contributed by atoms with Gasteiger partial charge in [0.15, 0.2) is 0 Å². The molecule has 0 fully saturated rings. The van der Waals surface area contributed by atoms with Gasteiger partial charge in [-0.25, -0.2) is 0 Å². The quantitative estimate of drug-likeness (QED) is 0.725. The second-order valence-corrected chi connectivity index (χ2v) is 4.56. The van der Waals surface area contributed by atoms with E-state index in [4.69, 9.17) is 4.74 Å². The fourth-order valence-corrected chi connectivity index (χ4v) is 2.04. The second-order valence-electron chi connectivity index (χ2n) is 4.56. The van der Waals surface area contributed by atoms with Crippen LogP contribution in [0.1, 0.15) is 5.56 Å². The third kappa shape index (κ3) is 2.80. The average Bonchev–Trinajstić information content (AvgIpc) is 2.95. The number of hydrogen-bond donors (Lipinski definition) is 2. The number of aliphatic imine (C=N–C) groups is 1. The van der Waals surface area contributed by atoms with Gasteiger partial charge in [-0.1, -0.05) is 0 Å². The molecule has 3 rings (SSSR count). The molecule has 0 radical (unpaired) electrons. The summed E-state index contributed by atoms with van der Waals surface area (Å²) in [4.78, 5) is 20.2. The van der Waals surface area contributed by atoms with Crippen LogP contribution in [0, 0.1) is 0 Å². The number of methoxy groups -OCH3 is 1. The molecule has 2 N–H and O–H groups in total. The number of nitrogens with zero attached hydrogens (tertiary/aromatic N) is 2. The Morgan fingerprint density at radius 1 is 1.09 bits per heavy atom. The molecule has 6 heteroatoms. The molecule has 0 aliphatic carbocycles. The van der Waals surface area contributed by atoms with Crippen molar-refractivity contribution in [3.8, 4) is 17.0 Å². The highest BCUT2D eigenvalue weighted by atomic mass is 16.5. The fourth-order valence-electron chi connectivity index (χ4n) is 2.04. The van der Waals surface area contributed by atoms with Crippen molar-refractivity contribution in [2.75, 3.05) is 7.11 Å². The summed E-state index contributed by atoms with van der Waals surface area (Å²) in [7, 11) is 1.61. The van der Waals surface area contributed by atoms with E-state index in [0.29, 0.717) is 11.3 Å². The topological polar surface area (TPSA) is 83.1 Å². The van der Waals surface area contributed by atoms with Gasteiger partial charge in [0.1, 0.15) is 5.75 Å². The largest absolute Gasteiger partial charge is 0.497 e. The van der Waals surface area contributed by atoms with Crippen LogP contribution >= 0.6 is 0 Å². The van der Waals surface area contributed by atoms with Gasteiger partial charge in [-0.15, -0.1) is 0 Å². The van der Waals surface area contributed by atoms with Gasteiger partial charge in [-0.3, -0.25) is 25.0 Å². The molecule has 6 nitrogen and oxygen atoms in total. The summed E-state index contributed by atoms with van der Waals surface area (Å²) in [5, 5.41) is 5.45. The van der Waals surface area contributed by atoms with Crippen LogP contribution in [0.3, 0.4) is 0 Å². The van der Waals surface area contributed by atoms with Gasteiger partial charge in [0.25, 0.3) is 5.56 Å². The summed E-state index contributed by atoms with van der Waals surface area (Å²) in [6.07, 6.45) is 4.89. The molecule has 0 atom stereocenters. The maximum absolute atomic E-state index is 11.9. The number of pyridine rings is 1. The van der Waals surface area contributed by atoms with Crippen molar-refractivity contribution in [1.82, 2.24) is 15.2 Å². The molecule has 0 spiro atoms. The lowest BCUT2D eigenvalue weighted by Gasteiger charge is -1.99. The lowest BCUT2D eigenvalue weighted by atomic mass is 10.1. The lowest BCUT2D eigenvalue weighted by Crippen LogP contribution is -2.05. The standard InChI is InChI=1S/C16H14N4O2/c1-22-13-4-2-12(3-5-13)18-10-14-15(19-20-16(14)21)11-6-8-17-9-7-11/h2-10H,1H3,(H2,19,20,21). The van der Waals surface area contributed by atoms with Crippen molar-refractivity contribution in [3.63, 3.8) is 0 Å². The molecule has 22 heavy (non-hydrogen) atoms. The molecule has 1 aromatic carbocycles. The first-order valence-electron chi connectivity index (χ1n) is 6.67. The van der Waals surface area contributed by atoms with Crippen LogP contribution in [0.15, 0.2) is 58.6 Å². The van der Waals surface area contributed by atoms with Crippen LogP contribution < -0.4 is 10.3 Å². The molecule has 3 aromatic rings. The summed E-state index contributed by atoms with van der Waals surface area (Å²) in [5.74, 6) is 0.760. The summed E-state index contributed by atoms with van der Waals surface area (Å²) in [6.45, 7) is 0. The van der Waals surface area contributed by atoms with E-state index < -0.39 is 0 Å². The molecule has 2 heterocycles. The maximum atomic E-state index is 11.9. The first-order chi connectivity index (χ1) is 10.8. The van der Waals surface area contributed by atoms with Crippen molar-refractivity contribution >= 4 is 11.9 Å². The van der Waals surface area contributed by atoms with Crippen molar-refractivity contribution in [2.45, 2.75) is 0 Å². The number of hydrogen-bond acceptors (Lipinski definition) is 4. The SMILES string of the molecule is COc1ccc(N=Cc2c(-c3ccncc3)[nH][nH]c2=O)cc1. The highest BCUT2D eigenvalue weighted by Crippen LogP contribution is 2.19. The monoisotopic (exact) mass is 294 g/mol. The lowest BCUT2D eigenvalue weighted by molar-refractivity contribution is 0.415. The summed E-state index contributed by atoms with van der Waals surface area (Å²) in [5.41, 5.74) is 2.54. The number of aromatic amines is 2. The van der Waals surface area contributed by atoms with E-state index in [2.05, 4.69) is 20.2 Å². The average molecular weight is 294 g/mol. The van der Waals surface area contributed by atoms with Crippen molar-refractivity contribution in [3.05, 3.63) is 64.7 Å². The Kier molecular flexibility index (Phi) is 3.82. The molecule has 0 saturated carbocycles. The van der Waals surface area contributed by atoms with E-state index in [1.54, 1.807) is 25.7 Å². The predicted molar refractivity (Wildman–Crippen MR) is 84.9 cm³/mol. The van der Waals surface area contributed by atoms with Gasteiger partial charge in [0.05, 0.1) is 24.1 Å². The molecular formula is C16H14N4O2. The van der Waals surface area contributed by atoms with Crippen LogP contribution in [0.5, 0.6) is 5.75 Å². The van der Waals surface area contributed by atoms with Gasteiger partial charge in [0, 0.05) is 24.2 Å². The smallest absolute Gasteiger partial charge is 0.273 e. The summed E-state index contributed by atoms with van der Waals surface area (Å²) >= 11 is 0. The van der Waals surface area contributed by atoms with Gasteiger partial charge in [-0.2, -0.15) is 0 Å². The molecule has 2 aromatic heterocycles. The van der Waals surface area contributed by atoms with Gasteiger partial charge >= 0.3 is 0 Å². The van der Waals surface area contributed by atoms with Crippen molar-refractivity contribution < 1.29 is 4.74 Å². The number of nitrogens with one attached hydrogen (secondary N) is 2. The predicted octanol–water partition coefficient (Wildman–Crippen LogP) is 2.52. The molecule has 110 valence electrons. The van der Waals surface area contributed by atoms with Gasteiger partial charge in [0.2, 0.25) is 0 Å². The Bertz CT molecular complexity index is 833. The summed E-state index contributed by atoms with van der Waals surface area (Å²) < 4.78 is 5.10. The normalized spacial score (nSPS) is 11.0. The molecule has 0 saturated heterocycles. The van der Waals surface area contributed by atoms with E-state index in [1.807, 2.05) is 36.4 Å². The van der Waals surface area contributed by atoms with Crippen LogP contribution in [0.2, 0.25) is 0 Å². The van der Waals surface area contributed by atoms with Crippen LogP contribution in [-0.4, -0.2) is 28.5 Å². The first kappa shape index (κ1) is 13.8. The minimum atomic E-state index is -0.218. The highest BCUT2D eigenvalue weighted by Gasteiger charge is 2.09. The molecule has 0 amide bonds. The maximum Gasteiger partial charge on any atom is 0.273 e. The van der Waals surface area contributed by atoms with Crippen molar-refractivity contribution in [1.29, 1.82) is 0 Å². The third-order valence-corrected chi connectivity index (χ3v) is 3.20. The molecular weight excluding hydrogens is 280 g/mol. The Morgan fingerprint density at radius 2 is 1.82 bits per heavy atom. The van der Waals surface area contributed by atoms with E-state index in [0.717, 1.165) is 17.0 Å². The fraction of sp³-hybridized carbons (Fsp3) is 0.0625. The zero-order chi connectivity index (χ0) is 15.4. The first-order valence-corrected chi connectivity index (χ1v) is 6.67. The Morgan fingerprint density at radius 3 is 2.50 bits per heavy atom. The zero-order valence-electron chi connectivity index (χ0n) is 11.9. The van der Waals surface area contributed by atoms with Gasteiger partial charge < -0.3 is 4.74 Å². The van der Waals surface area contributed by atoms with Crippen LogP contribution in [0.4, 0.5) is 5.69 Å². The molecule has 0 unspecified atom stereocenters. The Labute approximate surface area is 126 Å². The minimum absolute atomic E-state index is 0.218. The number of rotatable bonds is 4. The number of ether oxygens (including phenoxy) is 1.